The highest BCUT2D eigenvalue weighted by Crippen LogP contribution is 2.29. The maximum absolute atomic E-state index is 11.7. The molecule has 0 aliphatic rings. The standard InChI is InChI=1S/C18H22N2O3/c1-13-6-4-7-14(2)17(13)23-18-15(8-5-10-19-18)12-20-16(21)9-11-22-3/h4-8,10H,9,11-12H2,1-3H3,(H,20,21). The Morgan fingerprint density at radius 3 is 2.61 bits per heavy atom. The van der Waals surface area contributed by atoms with Crippen molar-refractivity contribution >= 4 is 5.91 Å². The quantitative estimate of drug-likeness (QED) is 0.853. The van der Waals surface area contributed by atoms with Gasteiger partial charge in [-0.25, -0.2) is 4.98 Å². The highest BCUT2D eigenvalue weighted by molar-refractivity contribution is 5.76. The molecular formula is C18H22N2O3. The van der Waals surface area contributed by atoms with Crippen LogP contribution in [-0.4, -0.2) is 24.6 Å². The highest BCUT2D eigenvalue weighted by atomic mass is 16.5. The smallest absolute Gasteiger partial charge is 0.224 e. The Morgan fingerprint density at radius 2 is 1.91 bits per heavy atom. The van der Waals surface area contributed by atoms with Crippen molar-refractivity contribution < 1.29 is 14.3 Å². The third-order valence-electron chi connectivity index (χ3n) is 3.47. The number of amides is 1. The first-order valence-electron chi connectivity index (χ1n) is 7.55. The molecule has 1 N–H and O–H groups in total. The van der Waals surface area contributed by atoms with Gasteiger partial charge in [-0.2, -0.15) is 0 Å². The summed E-state index contributed by atoms with van der Waals surface area (Å²) in [5, 5.41) is 2.85. The Bertz CT molecular complexity index is 651. The molecule has 1 heterocycles. The van der Waals surface area contributed by atoms with Gasteiger partial charge in [-0.3, -0.25) is 4.79 Å². The number of nitrogens with zero attached hydrogens (tertiary/aromatic N) is 1. The number of para-hydroxylation sites is 1. The Kier molecular flexibility index (Phi) is 6.11. The van der Waals surface area contributed by atoms with E-state index in [1.165, 1.54) is 0 Å². The van der Waals surface area contributed by atoms with Gasteiger partial charge in [0, 0.05) is 31.8 Å². The van der Waals surface area contributed by atoms with Crippen LogP contribution in [0, 0.1) is 13.8 Å². The zero-order valence-corrected chi connectivity index (χ0v) is 13.8. The predicted octanol–water partition coefficient (Wildman–Crippen LogP) is 3.14. The van der Waals surface area contributed by atoms with Crippen molar-refractivity contribution in [3.05, 3.63) is 53.2 Å². The highest BCUT2D eigenvalue weighted by Gasteiger charge is 2.11. The van der Waals surface area contributed by atoms with Crippen molar-refractivity contribution in [3.63, 3.8) is 0 Å². The van der Waals surface area contributed by atoms with E-state index in [4.69, 9.17) is 9.47 Å². The lowest BCUT2D eigenvalue weighted by Crippen LogP contribution is -2.24. The van der Waals surface area contributed by atoms with Crippen molar-refractivity contribution in [2.75, 3.05) is 13.7 Å². The van der Waals surface area contributed by atoms with Crippen molar-refractivity contribution in [3.8, 4) is 11.6 Å². The number of aromatic nitrogens is 1. The number of benzene rings is 1. The third-order valence-corrected chi connectivity index (χ3v) is 3.47. The van der Waals surface area contributed by atoms with E-state index in [0.717, 1.165) is 22.4 Å². The van der Waals surface area contributed by atoms with Crippen LogP contribution in [0.5, 0.6) is 11.6 Å². The summed E-state index contributed by atoms with van der Waals surface area (Å²) < 4.78 is 10.9. The summed E-state index contributed by atoms with van der Waals surface area (Å²) in [4.78, 5) is 16.0. The maximum Gasteiger partial charge on any atom is 0.224 e. The second-order valence-electron chi connectivity index (χ2n) is 5.31. The molecule has 0 unspecified atom stereocenters. The lowest BCUT2D eigenvalue weighted by Gasteiger charge is -2.14. The summed E-state index contributed by atoms with van der Waals surface area (Å²) in [6.07, 6.45) is 2.02. The first-order chi connectivity index (χ1) is 11.1. The van der Waals surface area contributed by atoms with E-state index in [0.29, 0.717) is 25.5 Å². The van der Waals surface area contributed by atoms with Crippen LogP contribution in [0.1, 0.15) is 23.1 Å². The van der Waals surface area contributed by atoms with E-state index in [1.54, 1.807) is 13.3 Å². The minimum atomic E-state index is -0.0614. The molecule has 0 bridgehead atoms. The molecule has 0 aliphatic heterocycles. The number of nitrogens with one attached hydrogen (secondary N) is 1. The van der Waals surface area contributed by atoms with Gasteiger partial charge in [0.05, 0.1) is 6.61 Å². The first kappa shape index (κ1) is 17.0. The molecule has 1 aromatic carbocycles. The molecule has 5 heteroatoms. The van der Waals surface area contributed by atoms with Gasteiger partial charge < -0.3 is 14.8 Å². The third kappa shape index (κ3) is 4.79. The predicted molar refractivity (Wildman–Crippen MR) is 88.6 cm³/mol. The van der Waals surface area contributed by atoms with Crippen LogP contribution in [0.25, 0.3) is 0 Å². The Balaban J connectivity index is 2.10. The number of ether oxygens (including phenoxy) is 2. The molecule has 0 saturated carbocycles. The lowest BCUT2D eigenvalue weighted by molar-refractivity contribution is -0.122. The molecule has 1 amide bonds. The van der Waals surface area contributed by atoms with E-state index in [9.17, 15) is 4.79 Å². The van der Waals surface area contributed by atoms with Crippen LogP contribution in [0.15, 0.2) is 36.5 Å². The molecule has 0 radical (unpaired) electrons. The number of hydrogen-bond acceptors (Lipinski definition) is 4. The molecule has 122 valence electrons. The lowest BCUT2D eigenvalue weighted by atomic mass is 10.1. The van der Waals surface area contributed by atoms with Gasteiger partial charge in [0.2, 0.25) is 11.8 Å². The van der Waals surface area contributed by atoms with E-state index in [-0.39, 0.29) is 5.91 Å². The molecule has 1 aromatic heterocycles. The summed E-state index contributed by atoms with van der Waals surface area (Å²) in [5.74, 6) is 1.25. The van der Waals surface area contributed by atoms with Crippen LogP contribution >= 0.6 is 0 Å². The number of hydrogen-bond donors (Lipinski definition) is 1. The van der Waals surface area contributed by atoms with Gasteiger partial charge in [0.25, 0.3) is 0 Å². The Morgan fingerprint density at radius 1 is 1.17 bits per heavy atom. The number of rotatable bonds is 7. The molecule has 23 heavy (non-hydrogen) atoms. The van der Waals surface area contributed by atoms with E-state index < -0.39 is 0 Å². The molecule has 2 aromatic rings. The van der Waals surface area contributed by atoms with Gasteiger partial charge in [-0.15, -0.1) is 0 Å². The molecule has 5 nitrogen and oxygen atoms in total. The van der Waals surface area contributed by atoms with Crippen LogP contribution in [-0.2, 0) is 16.1 Å². The van der Waals surface area contributed by atoms with Gasteiger partial charge in [-0.1, -0.05) is 24.3 Å². The van der Waals surface area contributed by atoms with Gasteiger partial charge in [0.1, 0.15) is 5.75 Å². The molecule has 2 rings (SSSR count). The van der Waals surface area contributed by atoms with Crippen molar-refractivity contribution in [2.45, 2.75) is 26.8 Å². The molecular weight excluding hydrogens is 292 g/mol. The summed E-state index contributed by atoms with van der Waals surface area (Å²) in [6.45, 7) is 4.77. The van der Waals surface area contributed by atoms with Crippen LogP contribution < -0.4 is 10.1 Å². The number of aryl methyl sites for hydroxylation is 2. The van der Waals surface area contributed by atoms with E-state index in [2.05, 4.69) is 10.3 Å². The van der Waals surface area contributed by atoms with Crippen LogP contribution in [0.2, 0.25) is 0 Å². The zero-order chi connectivity index (χ0) is 16.7. The number of carbonyl (C=O) groups is 1. The van der Waals surface area contributed by atoms with Crippen molar-refractivity contribution in [2.24, 2.45) is 0 Å². The summed E-state index contributed by atoms with van der Waals surface area (Å²) >= 11 is 0. The van der Waals surface area contributed by atoms with Gasteiger partial charge in [-0.05, 0) is 31.0 Å². The fourth-order valence-corrected chi connectivity index (χ4v) is 2.18. The fraction of sp³-hybridized carbons (Fsp3) is 0.333. The molecule has 0 saturated heterocycles. The number of pyridine rings is 1. The van der Waals surface area contributed by atoms with Gasteiger partial charge in [0.15, 0.2) is 0 Å². The summed E-state index contributed by atoms with van der Waals surface area (Å²) in [6, 6.07) is 9.71. The van der Waals surface area contributed by atoms with E-state index >= 15 is 0 Å². The molecule has 0 spiro atoms. The van der Waals surface area contributed by atoms with Crippen molar-refractivity contribution in [1.29, 1.82) is 0 Å². The van der Waals surface area contributed by atoms with Crippen LogP contribution in [0.4, 0.5) is 0 Å². The van der Waals surface area contributed by atoms with Crippen LogP contribution in [0.3, 0.4) is 0 Å². The average Bonchev–Trinajstić information content (AvgIpc) is 2.55. The zero-order valence-electron chi connectivity index (χ0n) is 13.8. The molecule has 0 fully saturated rings. The maximum atomic E-state index is 11.7. The summed E-state index contributed by atoms with van der Waals surface area (Å²) in [5.41, 5.74) is 2.93. The SMILES string of the molecule is COCCC(=O)NCc1cccnc1Oc1c(C)cccc1C. The monoisotopic (exact) mass is 314 g/mol. The normalized spacial score (nSPS) is 10.4. The van der Waals surface area contributed by atoms with Crippen molar-refractivity contribution in [1.82, 2.24) is 10.3 Å². The second kappa shape index (κ2) is 8.29. The van der Waals surface area contributed by atoms with E-state index in [1.807, 2.05) is 44.2 Å². The number of methoxy groups -OCH3 is 1. The Labute approximate surface area is 136 Å². The number of carbonyl (C=O) groups excluding carboxylic acids is 1. The molecule has 0 aliphatic carbocycles. The largest absolute Gasteiger partial charge is 0.438 e. The minimum Gasteiger partial charge on any atom is -0.438 e. The van der Waals surface area contributed by atoms with Gasteiger partial charge >= 0.3 is 0 Å². The Hall–Kier alpha value is -2.40. The molecule has 0 atom stereocenters. The fourth-order valence-electron chi connectivity index (χ4n) is 2.18. The first-order valence-corrected chi connectivity index (χ1v) is 7.55. The second-order valence-corrected chi connectivity index (χ2v) is 5.31. The topological polar surface area (TPSA) is 60.5 Å². The minimum absolute atomic E-state index is 0.0614. The average molecular weight is 314 g/mol. The summed E-state index contributed by atoms with van der Waals surface area (Å²) in [7, 11) is 1.57.